The van der Waals surface area contributed by atoms with Crippen molar-refractivity contribution in [1.82, 2.24) is 0 Å². The smallest absolute Gasteiger partial charge is 0.127 e. The summed E-state index contributed by atoms with van der Waals surface area (Å²) in [4.78, 5) is 0. The summed E-state index contributed by atoms with van der Waals surface area (Å²) < 4.78 is 6.98. The Morgan fingerprint density at radius 1 is 0.955 bits per heavy atom. The van der Waals surface area contributed by atoms with E-state index in [-0.39, 0.29) is 0 Å². The highest BCUT2D eigenvalue weighted by molar-refractivity contribution is 5.84. The second-order valence-electron chi connectivity index (χ2n) is 6.86. The Hall–Kier alpha value is -2.06. The predicted octanol–water partition coefficient (Wildman–Crippen LogP) is 4.11. The number of quaternary nitrogens is 1. The highest BCUT2D eigenvalue weighted by atomic mass is 16.5. The fraction of sp³-hybridized carbons (Fsp3) is 0.300. The quantitative estimate of drug-likeness (QED) is 0.774. The number of rotatable bonds is 3. The Kier molecular flexibility index (Phi) is 4.04. The first kappa shape index (κ1) is 14.9. The van der Waals surface area contributed by atoms with Crippen LogP contribution in [0.15, 0.2) is 54.6 Å². The van der Waals surface area contributed by atoms with E-state index in [1.807, 2.05) is 6.07 Å². The maximum absolute atomic E-state index is 6.01. The van der Waals surface area contributed by atoms with Gasteiger partial charge in [-0.25, -0.2) is 0 Å². The summed E-state index contributed by atoms with van der Waals surface area (Å²) in [5.41, 5.74) is 5.06. The van der Waals surface area contributed by atoms with Crippen LogP contribution in [0.25, 0.3) is 5.57 Å². The average molecular weight is 294 g/mol. The summed E-state index contributed by atoms with van der Waals surface area (Å²) in [5, 5.41) is 0. The molecule has 0 N–H and O–H groups in total. The third-order valence-electron chi connectivity index (χ3n) is 4.02. The zero-order valence-electron chi connectivity index (χ0n) is 13.7. The van der Waals surface area contributed by atoms with Crippen LogP contribution in [0.2, 0.25) is 0 Å². The maximum atomic E-state index is 6.01. The Morgan fingerprint density at radius 2 is 1.64 bits per heavy atom. The Labute approximate surface area is 133 Å². The minimum Gasteiger partial charge on any atom is -0.488 e. The van der Waals surface area contributed by atoms with Gasteiger partial charge in [0.2, 0.25) is 0 Å². The SMILES string of the molecule is C[N+](C)(C)CC/C=C1/c2ccccc2COc2ccccc21. The standard InChI is InChI=1S/C20H24NO/c1-21(2,3)14-8-12-18-17-10-5-4-9-16(17)15-22-20-13-7-6-11-19(18)20/h4-7,9-13H,8,14-15H2,1-3H3/q+1/b18-12-. The first-order valence-electron chi connectivity index (χ1n) is 7.86. The van der Waals surface area contributed by atoms with E-state index in [0.717, 1.165) is 23.2 Å². The second-order valence-corrected chi connectivity index (χ2v) is 6.86. The van der Waals surface area contributed by atoms with Crippen molar-refractivity contribution in [3.05, 3.63) is 71.3 Å². The fourth-order valence-corrected chi connectivity index (χ4v) is 2.84. The van der Waals surface area contributed by atoms with Gasteiger partial charge in [0.25, 0.3) is 0 Å². The predicted molar refractivity (Wildman–Crippen MR) is 91.8 cm³/mol. The van der Waals surface area contributed by atoms with Gasteiger partial charge in [-0.3, -0.25) is 0 Å². The third kappa shape index (κ3) is 3.23. The molecule has 0 spiro atoms. The van der Waals surface area contributed by atoms with E-state index in [1.165, 1.54) is 22.3 Å². The van der Waals surface area contributed by atoms with Crippen LogP contribution in [0, 0.1) is 0 Å². The topological polar surface area (TPSA) is 9.23 Å². The number of ether oxygens (including phenoxy) is 1. The van der Waals surface area contributed by atoms with Crippen LogP contribution in [0.3, 0.4) is 0 Å². The second kappa shape index (κ2) is 5.98. The van der Waals surface area contributed by atoms with Gasteiger partial charge in [0.05, 0.1) is 27.7 Å². The number of para-hydroxylation sites is 1. The molecular weight excluding hydrogens is 270 g/mol. The van der Waals surface area contributed by atoms with Crippen LogP contribution in [-0.4, -0.2) is 32.2 Å². The normalized spacial score (nSPS) is 15.7. The molecule has 0 radical (unpaired) electrons. The monoisotopic (exact) mass is 294 g/mol. The van der Waals surface area contributed by atoms with Gasteiger partial charge in [-0.15, -0.1) is 0 Å². The molecule has 1 aliphatic rings. The lowest BCUT2D eigenvalue weighted by molar-refractivity contribution is -0.869. The fourth-order valence-electron chi connectivity index (χ4n) is 2.84. The van der Waals surface area contributed by atoms with Crippen LogP contribution >= 0.6 is 0 Å². The van der Waals surface area contributed by atoms with E-state index in [0.29, 0.717) is 6.61 Å². The van der Waals surface area contributed by atoms with E-state index in [4.69, 9.17) is 4.74 Å². The van der Waals surface area contributed by atoms with Gasteiger partial charge >= 0.3 is 0 Å². The van der Waals surface area contributed by atoms with E-state index in [2.05, 4.69) is 69.7 Å². The van der Waals surface area contributed by atoms with Crippen LogP contribution in [0.5, 0.6) is 5.75 Å². The van der Waals surface area contributed by atoms with Crippen molar-refractivity contribution in [2.45, 2.75) is 13.0 Å². The molecule has 0 aromatic heterocycles. The number of fused-ring (bicyclic) bond motifs is 2. The molecule has 0 aliphatic carbocycles. The van der Waals surface area contributed by atoms with Crippen molar-refractivity contribution in [3.63, 3.8) is 0 Å². The zero-order valence-corrected chi connectivity index (χ0v) is 13.7. The minimum atomic E-state index is 0.639. The first-order chi connectivity index (χ1) is 10.5. The molecular formula is C20H24NO+. The molecule has 0 saturated carbocycles. The highest BCUT2D eigenvalue weighted by Crippen LogP contribution is 2.36. The molecule has 1 heterocycles. The summed E-state index contributed by atoms with van der Waals surface area (Å²) in [6.07, 6.45) is 3.43. The molecule has 114 valence electrons. The molecule has 2 aromatic rings. The molecule has 3 rings (SSSR count). The van der Waals surface area contributed by atoms with Gasteiger partial charge in [0.15, 0.2) is 0 Å². The third-order valence-corrected chi connectivity index (χ3v) is 4.02. The van der Waals surface area contributed by atoms with E-state index in [9.17, 15) is 0 Å². The van der Waals surface area contributed by atoms with Crippen molar-refractivity contribution in [2.75, 3.05) is 27.7 Å². The Balaban J connectivity index is 2.04. The number of nitrogens with zero attached hydrogens (tertiary/aromatic N) is 1. The van der Waals surface area contributed by atoms with Gasteiger partial charge in [0.1, 0.15) is 12.4 Å². The number of hydrogen-bond donors (Lipinski definition) is 0. The number of benzene rings is 2. The van der Waals surface area contributed by atoms with Gasteiger partial charge in [-0.1, -0.05) is 48.5 Å². The molecule has 22 heavy (non-hydrogen) atoms. The molecule has 2 nitrogen and oxygen atoms in total. The zero-order chi connectivity index (χ0) is 15.6. The molecule has 1 aliphatic heterocycles. The number of hydrogen-bond acceptors (Lipinski definition) is 1. The van der Waals surface area contributed by atoms with Gasteiger partial charge in [-0.05, 0) is 22.8 Å². The van der Waals surface area contributed by atoms with Crippen LogP contribution in [0.1, 0.15) is 23.1 Å². The Morgan fingerprint density at radius 3 is 2.41 bits per heavy atom. The summed E-state index contributed by atoms with van der Waals surface area (Å²) in [6, 6.07) is 16.9. The minimum absolute atomic E-state index is 0.639. The van der Waals surface area contributed by atoms with Crippen molar-refractivity contribution in [1.29, 1.82) is 0 Å². The van der Waals surface area contributed by atoms with Crippen molar-refractivity contribution >= 4 is 5.57 Å². The summed E-state index contributed by atoms with van der Waals surface area (Å²) in [7, 11) is 6.70. The Bertz CT molecular complexity index is 645. The molecule has 2 aromatic carbocycles. The van der Waals surface area contributed by atoms with E-state index < -0.39 is 0 Å². The van der Waals surface area contributed by atoms with Crippen molar-refractivity contribution in [3.8, 4) is 5.75 Å². The first-order valence-corrected chi connectivity index (χ1v) is 7.86. The molecule has 0 bridgehead atoms. The molecule has 0 unspecified atom stereocenters. The summed E-state index contributed by atoms with van der Waals surface area (Å²) >= 11 is 0. The molecule has 0 amide bonds. The van der Waals surface area contributed by atoms with E-state index >= 15 is 0 Å². The van der Waals surface area contributed by atoms with E-state index in [1.54, 1.807) is 0 Å². The maximum Gasteiger partial charge on any atom is 0.127 e. The largest absolute Gasteiger partial charge is 0.488 e. The van der Waals surface area contributed by atoms with Crippen molar-refractivity contribution in [2.24, 2.45) is 0 Å². The molecule has 2 heteroatoms. The lowest BCUT2D eigenvalue weighted by Crippen LogP contribution is -2.34. The molecule has 0 fully saturated rings. The van der Waals surface area contributed by atoms with Gasteiger partial charge < -0.3 is 9.22 Å². The average Bonchev–Trinajstić information content (AvgIpc) is 2.64. The molecule has 0 saturated heterocycles. The summed E-state index contributed by atoms with van der Waals surface area (Å²) in [6.45, 7) is 1.76. The van der Waals surface area contributed by atoms with Crippen LogP contribution in [-0.2, 0) is 6.61 Å². The lowest BCUT2D eigenvalue weighted by Gasteiger charge is -2.23. The highest BCUT2D eigenvalue weighted by Gasteiger charge is 2.18. The van der Waals surface area contributed by atoms with Crippen LogP contribution < -0.4 is 4.74 Å². The molecule has 0 atom stereocenters. The van der Waals surface area contributed by atoms with Gasteiger partial charge in [-0.2, -0.15) is 0 Å². The lowest BCUT2D eigenvalue weighted by atomic mass is 9.93. The van der Waals surface area contributed by atoms with Crippen LogP contribution in [0.4, 0.5) is 0 Å². The van der Waals surface area contributed by atoms with Gasteiger partial charge in [0, 0.05) is 12.0 Å². The van der Waals surface area contributed by atoms with Crippen molar-refractivity contribution < 1.29 is 9.22 Å². The summed E-state index contributed by atoms with van der Waals surface area (Å²) in [5.74, 6) is 0.982.